The Morgan fingerprint density at radius 2 is 2.33 bits per heavy atom. The van der Waals surface area contributed by atoms with E-state index in [9.17, 15) is 9.90 Å². The lowest BCUT2D eigenvalue weighted by atomic mass is 9.94. The number of carboxylic acid groups (broad SMARTS) is 1. The molecule has 3 unspecified atom stereocenters. The molecule has 1 aromatic heterocycles. The molecule has 96 valence electrons. The number of hydrogen-bond donors (Lipinski definition) is 1. The highest BCUT2D eigenvalue weighted by atomic mass is 16.4. The lowest BCUT2D eigenvalue weighted by molar-refractivity contribution is -0.143. The number of hydrogen-bond acceptors (Lipinski definition) is 3. The zero-order valence-corrected chi connectivity index (χ0v) is 10.3. The van der Waals surface area contributed by atoms with E-state index in [0.29, 0.717) is 18.4 Å². The summed E-state index contributed by atoms with van der Waals surface area (Å²) in [5, 5.41) is 9.45. The van der Waals surface area contributed by atoms with Crippen LogP contribution in [0.1, 0.15) is 25.0 Å². The fourth-order valence-electron chi connectivity index (χ4n) is 3.60. The van der Waals surface area contributed by atoms with Crippen LogP contribution in [-0.4, -0.2) is 33.5 Å². The molecule has 3 atom stereocenters. The summed E-state index contributed by atoms with van der Waals surface area (Å²) in [4.78, 5) is 17.9. The minimum Gasteiger partial charge on any atom is -0.480 e. The lowest BCUT2D eigenvalue weighted by Gasteiger charge is -2.23. The van der Waals surface area contributed by atoms with Gasteiger partial charge in [0.25, 0.3) is 0 Å². The normalized spacial score (nSPS) is 31.4. The van der Waals surface area contributed by atoms with Crippen LogP contribution in [-0.2, 0) is 11.3 Å². The number of likely N-dealkylation sites (tertiary alicyclic amines) is 1. The fourth-order valence-corrected chi connectivity index (χ4v) is 3.60. The maximum atomic E-state index is 11.5. The third-order valence-corrected chi connectivity index (χ3v) is 4.33. The van der Waals surface area contributed by atoms with E-state index in [4.69, 9.17) is 0 Å². The molecule has 3 rings (SSSR count). The zero-order chi connectivity index (χ0) is 12.5. The highest BCUT2D eigenvalue weighted by Gasteiger charge is 2.47. The van der Waals surface area contributed by atoms with Crippen molar-refractivity contribution in [3.63, 3.8) is 0 Å². The van der Waals surface area contributed by atoms with Crippen molar-refractivity contribution in [3.8, 4) is 0 Å². The molecular weight excluding hydrogens is 228 g/mol. The van der Waals surface area contributed by atoms with E-state index in [2.05, 4.69) is 9.88 Å². The summed E-state index contributed by atoms with van der Waals surface area (Å²) in [7, 11) is 0. The first-order chi connectivity index (χ1) is 8.75. The largest absolute Gasteiger partial charge is 0.480 e. The van der Waals surface area contributed by atoms with Gasteiger partial charge in [0.05, 0.1) is 5.69 Å². The minimum absolute atomic E-state index is 0.306. The van der Waals surface area contributed by atoms with Crippen LogP contribution in [0.3, 0.4) is 0 Å². The predicted molar refractivity (Wildman–Crippen MR) is 66.9 cm³/mol. The average Bonchev–Trinajstić information content (AvgIpc) is 2.89. The molecule has 2 aliphatic rings. The molecule has 2 fully saturated rings. The van der Waals surface area contributed by atoms with Gasteiger partial charge >= 0.3 is 5.97 Å². The van der Waals surface area contributed by atoms with Crippen LogP contribution in [0, 0.1) is 11.8 Å². The highest BCUT2D eigenvalue weighted by molar-refractivity contribution is 5.74. The number of fused-ring (bicyclic) bond motifs is 1. The summed E-state index contributed by atoms with van der Waals surface area (Å²) in [6.45, 7) is 1.57. The molecule has 0 bridgehead atoms. The van der Waals surface area contributed by atoms with Crippen molar-refractivity contribution in [2.24, 2.45) is 11.8 Å². The van der Waals surface area contributed by atoms with E-state index in [0.717, 1.165) is 18.7 Å². The molecule has 4 heteroatoms. The van der Waals surface area contributed by atoms with E-state index in [1.807, 2.05) is 18.2 Å². The summed E-state index contributed by atoms with van der Waals surface area (Å²) in [5.41, 5.74) is 0.962. The van der Waals surface area contributed by atoms with E-state index < -0.39 is 5.97 Å². The number of aromatic nitrogens is 1. The minimum atomic E-state index is -0.666. The molecule has 1 aromatic rings. The first kappa shape index (κ1) is 11.7. The first-order valence-corrected chi connectivity index (χ1v) is 6.62. The standard InChI is InChI=1S/C14H18N2O2/c17-14(18)13-12-6-3-4-10(12)8-16(13)9-11-5-1-2-7-15-11/h1-2,5,7,10,12-13H,3-4,6,8-9H2,(H,17,18). The lowest BCUT2D eigenvalue weighted by Crippen LogP contribution is -2.39. The number of nitrogens with zero attached hydrogens (tertiary/aromatic N) is 2. The summed E-state index contributed by atoms with van der Waals surface area (Å²) in [6, 6.07) is 5.50. The summed E-state index contributed by atoms with van der Waals surface area (Å²) in [6.07, 6.45) is 5.21. The molecule has 4 nitrogen and oxygen atoms in total. The van der Waals surface area contributed by atoms with Gasteiger partial charge in [0, 0.05) is 19.3 Å². The SMILES string of the molecule is O=C(O)C1C2CCCC2CN1Cc1ccccn1. The monoisotopic (exact) mass is 246 g/mol. The van der Waals surface area contributed by atoms with Gasteiger partial charge in [-0.2, -0.15) is 0 Å². The van der Waals surface area contributed by atoms with Crippen LogP contribution in [0.15, 0.2) is 24.4 Å². The molecule has 0 spiro atoms. The molecule has 1 N–H and O–H groups in total. The third-order valence-electron chi connectivity index (χ3n) is 4.33. The van der Waals surface area contributed by atoms with Crippen molar-refractivity contribution < 1.29 is 9.90 Å². The van der Waals surface area contributed by atoms with Crippen molar-refractivity contribution in [1.82, 2.24) is 9.88 Å². The first-order valence-electron chi connectivity index (χ1n) is 6.62. The van der Waals surface area contributed by atoms with Gasteiger partial charge in [0.1, 0.15) is 6.04 Å². The van der Waals surface area contributed by atoms with Crippen molar-refractivity contribution in [3.05, 3.63) is 30.1 Å². The molecule has 1 aliphatic heterocycles. The summed E-state index contributed by atoms with van der Waals surface area (Å²) in [5.74, 6) is 0.265. The van der Waals surface area contributed by atoms with Gasteiger partial charge in [-0.25, -0.2) is 0 Å². The molecular formula is C14H18N2O2. The Morgan fingerprint density at radius 3 is 3.06 bits per heavy atom. The van der Waals surface area contributed by atoms with Crippen LogP contribution in [0.2, 0.25) is 0 Å². The molecule has 0 amide bonds. The van der Waals surface area contributed by atoms with Crippen molar-refractivity contribution in [2.75, 3.05) is 6.54 Å². The Morgan fingerprint density at radius 1 is 1.44 bits per heavy atom. The maximum absolute atomic E-state index is 11.5. The van der Waals surface area contributed by atoms with Gasteiger partial charge in [-0.3, -0.25) is 14.7 Å². The Hall–Kier alpha value is -1.42. The average molecular weight is 246 g/mol. The second-order valence-corrected chi connectivity index (χ2v) is 5.39. The second kappa shape index (κ2) is 4.69. The number of aliphatic carboxylic acids is 1. The van der Waals surface area contributed by atoms with Crippen LogP contribution in [0.4, 0.5) is 0 Å². The Kier molecular flexibility index (Phi) is 3.04. The number of pyridine rings is 1. The van der Waals surface area contributed by atoms with Crippen LogP contribution in [0.25, 0.3) is 0 Å². The fraction of sp³-hybridized carbons (Fsp3) is 0.571. The van der Waals surface area contributed by atoms with E-state index in [-0.39, 0.29) is 6.04 Å². The topological polar surface area (TPSA) is 53.4 Å². The van der Waals surface area contributed by atoms with Gasteiger partial charge in [-0.05, 0) is 36.8 Å². The maximum Gasteiger partial charge on any atom is 0.321 e. The second-order valence-electron chi connectivity index (χ2n) is 5.39. The van der Waals surface area contributed by atoms with Gasteiger partial charge in [-0.15, -0.1) is 0 Å². The summed E-state index contributed by atoms with van der Waals surface area (Å²) < 4.78 is 0. The van der Waals surface area contributed by atoms with E-state index in [1.165, 1.54) is 12.8 Å². The molecule has 0 aromatic carbocycles. The molecule has 0 radical (unpaired) electrons. The van der Waals surface area contributed by atoms with Gasteiger partial charge in [0.2, 0.25) is 0 Å². The highest BCUT2D eigenvalue weighted by Crippen LogP contribution is 2.42. The van der Waals surface area contributed by atoms with Crippen molar-refractivity contribution in [1.29, 1.82) is 0 Å². The summed E-state index contributed by atoms with van der Waals surface area (Å²) >= 11 is 0. The zero-order valence-electron chi connectivity index (χ0n) is 10.3. The molecule has 1 saturated heterocycles. The number of carboxylic acids is 1. The predicted octanol–water partition coefficient (Wildman–Crippen LogP) is 1.77. The van der Waals surface area contributed by atoms with E-state index >= 15 is 0 Å². The van der Waals surface area contributed by atoms with Crippen LogP contribution < -0.4 is 0 Å². The smallest absolute Gasteiger partial charge is 0.321 e. The van der Waals surface area contributed by atoms with Crippen LogP contribution >= 0.6 is 0 Å². The van der Waals surface area contributed by atoms with Gasteiger partial charge in [-0.1, -0.05) is 12.5 Å². The van der Waals surface area contributed by atoms with Gasteiger partial charge in [0.15, 0.2) is 0 Å². The van der Waals surface area contributed by atoms with Crippen molar-refractivity contribution >= 4 is 5.97 Å². The molecule has 1 saturated carbocycles. The Bertz CT molecular complexity index is 435. The number of carbonyl (C=O) groups is 1. The van der Waals surface area contributed by atoms with E-state index in [1.54, 1.807) is 6.20 Å². The molecule has 2 heterocycles. The Labute approximate surface area is 107 Å². The molecule has 1 aliphatic carbocycles. The Balaban J connectivity index is 1.77. The molecule has 18 heavy (non-hydrogen) atoms. The third kappa shape index (κ3) is 2.01. The number of rotatable bonds is 3. The van der Waals surface area contributed by atoms with Crippen LogP contribution in [0.5, 0.6) is 0 Å². The van der Waals surface area contributed by atoms with Gasteiger partial charge < -0.3 is 5.11 Å². The quantitative estimate of drug-likeness (QED) is 0.883. The van der Waals surface area contributed by atoms with Crippen molar-refractivity contribution in [2.45, 2.75) is 31.8 Å².